The lowest BCUT2D eigenvalue weighted by Crippen LogP contribution is -2.33. The van der Waals surface area contributed by atoms with Crippen LogP contribution in [0.1, 0.15) is 70.3 Å². The summed E-state index contributed by atoms with van der Waals surface area (Å²) in [6.07, 6.45) is 10.5. The van der Waals surface area contributed by atoms with Gasteiger partial charge in [-0.25, -0.2) is 0 Å². The van der Waals surface area contributed by atoms with E-state index in [1.807, 2.05) is 42.2 Å². The van der Waals surface area contributed by atoms with Crippen LogP contribution in [0.25, 0.3) is 0 Å². The van der Waals surface area contributed by atoms with Crippen molar-refractivity contribution < 1.29 is 19.8 Å². The molecular weight excluding hydrogens is 402 g/mol. The summed E-state index contributed by atoms with van der Waals surface area (Å²) in [7, 11) is 0. The summed E-state index contributed by atoms with van der Waals surface area (Å²) in [5.74, 6) is 5.84. The Labute approximate surface area is 192 Å². The Morgan fingerprint density at radius 3 is 2.69 bits per heavy atom. The third kappa shape index (κ3) is 9.70. The van der Waals surface area contributed by atoms with E-state index in [9.17, 15) is 14.7 Å². The molecule has 1 aromatic rings. The minimum atomic E-state index is -0.754. The van der Waals surface area contributed by atoms with Gasteiger partial charge >= 0.3 is 5.97 Å². The number of aliphatic carboxylic acids is 1. The van der Waals surface area contributed by atoms with Gasteiger partial charge in [-0.1, -0.05) is 62.2 Å². The highest BCUT2D eigenvalue weighted by molar-refractivity contribution is 5.79. The van der Waals surface area contributed by atoms with Gasteiger partial charge < -0.3 is 15.1 Å². The van der Waals surface area contributed by atoms with Crippen molar-refractivity contribution in [3.63, 3.8) is 0 Å². The van der Waals surface area contributed by atoms with Crippen LogP contribution in [0.5, 0.6) is 0 Å². The number of benzene rings is 1. The number of likely N-dealkylation sites (tertiary alicyclic amines) is 1. The zero-order valence-corrected chi connectivity index (χ0v) is 19.2. The number of unbranched alkanes of at least 4 members (excludes halogenated alkanes) is 3. The van der Waals surface area contributed by atoms with Gasteiger partial charge in [-0.3, -0.25) is 9.59 Å². The number of aryl methyl sites for hydroxylation is 1. The fraction of sp³-hybridized carbons (Fsp3) is 0.556. The highest BCUT2D eigenvalue weighted by Gasteiger charge is 2.28. The van der Waals surface area contributed by atoms with Crippen LogP contribution >= 0.6 is 0 Å². The van der Waals surface area contributed by atoms with Crippen molar-refractivity contribution >= 4 is 11.9 Å². The van der Waals surface area contributed by atoms with Gasteiger partial charge in [-0.2, -0.15) is 0 Å². The Morgan fingerprint density at radius 2 is 1.94 bits per heavy atom. The normalized spacial score (nSPS) is 17.9. The van der Waals surface area contributed by atoms with Crippen LogP contribution in [0.4, 0.5) is 0 Å². The number of carbonyl (C=O) groups is 2. The highest BCUT2D eigenvalue weighted by atomic mass is 16.4. The maximum Gasteiger partial charge on any atom is 0.303 e. The summed E-state index contributed by atoms with van der Waals surface area (Å²) in [5, 5.41) is 19.2. The Balaban J connectivity index is 1.69. The van der Waals surface area contributed by atoms with Crippen LogP contribution < -0.4 is 0 Å². The predicted molar refractivity (Wildman–Crippen MR) is 127 cm³/mol. The van der Waals surface area contributed by atoms with Crippen LogP contribution in [-0.4, -0.2) is 45.7 Å². The predicted octanol–water partition coefficient (Wildman–Crippen LogP) is 4.59. The van der Waals surface area contributed by atoms with Crippen molar-refractivity contribution in [1.82, 2.24) is 4.90 Å². The second-order valence-electron chi connectivity index (χ2n) is 8.65. The lowest BCUT2D eigenvalue weighted by atomic mass is 9.99. The average Bonchev–Trinajstić information content (AvgIpc) is 3.13. The highest BCUT2D eigenvalue weighted by Crippen LogP contribution is 2.22. The molecule has 0 bridgehead atoms. The fourth-order valence-electron chi connectivity index (χ4n) is 3.88. The third-order valence-electron chi connectivity index (χ3n) is 5.96. The lowest BCUT2D eigenvalue weighted by Gasteiger charge is -2.23. The van der Waals surface area contributed by atoms with E-state index in [-0.39, 0.29) is 24.3 Å². The number of carboxylic acid groups (broad SMARTS) is 1. The molecule has 1 amide bonds. The molecule has 1 saturated heterocycles. The first-order valence-corrected chi connectivity index (χ1v) is 11.8. The molecule has 3 atom stereocenters. The molecule has 0 radical (unpaired) electrons. The first-order valence-electron chi connectivity index (χ1n) is 11.8. The number of amides is 1. The van der Waals surface area contributed by atoms with E-state index in [0.29, 0.717) is 25.8 Å². The van der Waals surface area contributed by atoms with Gasteiger partial charge in [0.2, 0.25) is 5.91 Å². The van der Waals surface area contributed by atoms with Crippen molar-refractivity contribution in [2.24, 2.45) is 5.92 Å². The number of aliphatic hydroxyl groups is 1. The van der Waals surface area contributed by atoms with E-state index in [1.54, 1.807) is 0 Å². The van der Waals surface area contributed by atoms with E-state index in [0.717, 1.165) is 38.5 Å². The van der Waals surface area contributed by atoms with Gasteiger partial charge in [0, 0.05) is 32.2 Å². The van der Waals surface area contributed by atoms with Crippen LogP contribution in [0, 0.1) is 17.8 Å². The first-order chi connectivity index (χ1) is 15.5. The van der Waals surface area contributed by atoms with Crippen molar-refractivity contribution in [3.05, 3.63) is 48.0 Å². The molecule has 0 spiro atoms. The monoisotopic (exact) mass is 439 g/mol. The van der Waals surface area contributed by atoms with Crippen LogP contribution in [0.3, 0.4) is 0 Å². The molecule has 0 unspecified atom stereocenters. The minimum Gasteiger partial charge on any atom is -0.481 e. The molecule has 5 nitrogen and oxygen atoms in total. The molecule has 1 heterocycles. The molecule has 2 rings (SSSR count). The fourth-order valence-corrected chi connectivity index (χ4v) is 3.88. The smallest absolute Gasteiger partial charge is 0.303 e. The molecule has 0 aromatic heterocycles. The molecule has 1 fully saturated rings. The molecule has 1 aliphatic rings. The molecule has 174 valence electrons. The van der Waals surface area contributed by atoms with E-state index >= 15 is 0 Å². The van der Waals surface area contributed by atoms with Gasteiger partial charge in [0.1, 0.15) is 0 Å². The number of hydrogen-bond acceptors (Lipinski definition) is 3. The van der Waals surface area contributed by atoms with Gasteiger partial charge in [0.15, 0.2) is 0 Å². The molecule has 5 heteroatoms. The van der Waals surface area contributed by atoms with E-state index in [2.05, 4.69) is 24.0 Å². The number of nitrogens with zero attached hydrogens (tertiary/aromatic N) is 1. The summed E-state index contributed by atoms with van der Waals surface area (Å²) >= 11 is 0. The molecule has 0 saturated carbocycles. The Morgan fingerprint density at radius 1 is 1.19 bits per heavy atom. The van der Waals surface area contributed by atoms with Crippen molar-refractivity contribution in [1.29, 1.82) is 0 Å². The summed E-state index contributed by atoms with van der Waals surface area (Å²) in [6.45, 7) is 2.69. The van der Waals surface area contributed by atoms with Crippen LogP contribution in [-0.2, 0) is 16.0 Å². The van der Waals surface area contributed by atoms with Gasteiger partial charge in [0.25, 0.3) is 0 Å². The number of rotatable bonds is 13. The topological polar surface area (TPSA) is 77.8 Å². The SMILES string of the molecule is C[C@H](CC#CCCc1ccccc1)[C@@H](O)C=C[C@H]1CCC(=O)N1CCCCCCC(=O)O. The lowest BCUT2D eigenvalue weighted by molar-refractivity contribution is -0.137. The maximum atomic E-state index is 12.2. The summed E-state index contributed by atoms with van der Waals surface area (Å²) in [5.41, 5.74) is 1.29. The molecule has 1 aliphatic heterocycles. The van der Waals surface area contributed by atoms with E-state index in [4.69, 9.17) is 5.11 Å². The first kappa shape index (κ1) is 25.7. The number of aliphatic hydroxyl groups excluding tert-OH is 1. The zero-order valence-electron chi connectivity index (χ0n) is 19.2. The van der Waals surface area contributed by atoms with Gasteiger partial charge in [-0.05, 0) is 37.2 Å². The van der Waals surface area contributed by atoms with Gasteiger partial charge in [-0.15, -0.1) is 11.8 Å². The van der Waals surface area contributed by atoms with Gasteiger partial charge in [0.05, 0.1) is 12.1 Å². The van der Waals surface area contributed by atoms with Crippen molar-refractivity contribution in [3.8, 4) is 11.8 Å². The Bertz CT molecular complexity index is 793. The molecule has 2 N–H and O–H groups in total. The second kappa shape index (κ2) is 14.5. The summed E-state index contributed by atoms with van der Waals surface area (Å²) in [4.78, 5) is 24.7. The number of carboxylic acids is 1. The van der Waals surface area contributed by atoms with E-state index in [1.165, 1.54) is 5.56 Å². The summed E-state index contributed by atoms with van der Waals surface area (Å²) < 4.78 is 0. The van der Waals surface area contributed by atoms with Crippen molar-refractivity contribution in [2.75, 3.05) is 6.54 Å². The second-order valence-corrected chi connectivity index (χ2v) is 8.65. The van der Waals surface area contributed by atoms with Crippen LogP contribution in [0.2, 0.25) is 0 Å². The van der Waals surface area contributed by atoms with E-state index < -0.39 is 12.1 Å². The Hall–Kier alpha value is -2.58. The quantitative estimate of drug-likeness (QED) is 0.268. The average molecular weight is 440 g/mol. The largest absolute Gasteiger partial charge is 0.481 e. The Kier molecular flexibility index (Phi) is 11.6. The maximum absolute atomic E-state index is 12.2. The standard InChI is InChI=1S/C27H37NO4/c1-22(12-6-4-7-13-23-14-8-5-9-15-23)25(29)19-17-24-18-20-26(30)28(24)21-11-3-2-10-16-27(31)32/h5,8-9,14-15,17,19,22,24-25,29H,2-3,7,10-13,16,18,20-21H2,1H3,(H,31,32)/t22-,24+,25+/m1/s1. The molecule has 1 aromatic carbocycles. The third-order valence-corrected chi connectivity index (χ3v) is 5.96. The minimum absolute atomic E-state index is 0.0373. The van der Waals surface area contributed by atoms with Crippen molar-refractivity contribution in [2.45, 2.75) is 83.3 Å². The number of carbonyl (C=O) groups excluding carboxylic acids is 1. The summed E-state index contributed by atoms with van der Waals surface area (Å²) in [6, 6.07) is 10.3. The molecule has 0 aliphatic carbocycles. The van der Waals surface area contributed by atoms with Crippen LogP contribution in [0.15, 0.2) is 42.5 Å². The molecule has 32 heavy (non-hydrogen) atoms. The molecular formula is C27H37NO4. The number of hydrogen-bond donors (Lipinski definition) is 2. The zero-order chi connectivity index (χ0) is 23.2.